The molecule has 2 aliphatic rings. The number of hydrogen-bond acceptors (Lipinski definition) is 0. The monoisotopic (exact) mass is 248 g/mol. The Labute approximate surface area is 114 Å². The fraction of sp³-hybridized carbons (Fsp3) is 0.889. The molecule has 0 heteroatoms. The highest BCUT2D eigenvalue weighted by atomic mass is 14.7. The molecule has 0 aromatic carbocycles. The van der Waals surface area contributed by atoms with Crippen molar-refractivity contribution in [1.29, 1.82) is 0 Å². The van der Waals surface area contributed by atoms with E-state index >= 15 is 0 Å². The quantitative estimate of drug-likeness (QED) is 0.330. The number of allylic oxidation sites excluding steroid dienone is 1. The van der Waals surface area contributed by atoms with E-state index in [1.165, 1.54) is 64.2 Å². The SMILES string of the molecule is C=C1C2C(C)C(CCCCCCCCCCC)C12. The van der Waals surface area contributed by atoms with E-state index in [4.69, 9.17) is 0 Å². The molecule has 18 heavy (non-hydrogen) atoms. The fourth-order valence-corrected chi connectivity index (χ4v) is 4.15. The molecular weight excluding hydrogens is 216 g/mol. The minimum Gasteiger partial charge on any atom is -0.0992 e. The van der Waals surface area contributed by atoms with E-state index < -0.39 is 0 Å². The van der Waals surface area contributed by atoms with E-state index in [0.29, 0.717) is 0 Å². The fourth-order valence-electron chi connectivity index (χ4n) is 4.15. The van der Waals surface area contributed by atoms with Gasteiger partial charge in [-0.2, -0.15) is 0 Å². The van der Waals surface area contributed by atoms with Crippen molar-refractivity contribution in [2.24, 2.45) is 23.7 Å². The average Bonchev–Trinajstić information content (AvgIpc) is 2.97. The van der Waals surface area contributed by atoms with Crippen LogP contribution in [0.5, 0.6) is 0 Å². The summed E-state index contributed by atoms with van der Waals surface area (Å²) in [5.41, 5.74) is 1.59. The van der Waals surface area contributed by atoms with Crippen LogP contribution in [0.2, 0.25) is 0 Å². The normalized spacial score (nSPS) is 33.1. The molecule has 0 saturated heterocycles. The summed E-state index contributed by atoms with van der Waals surface area (Å²) >= 11 is 0. The molecular formula is C18H32. The van der Waals surface area contributed by atoms with Crippen molar-refractivity contribution in [2.45, 2.75) is 78.1 Å². The van der Waals surface area contributed by atoms with Crippen molar-refractivity contribution in [3.63, 3.8) is 0 Å². The lowest BCUT2D eigenvalue weighted by Gasteiger charge is -2.32. The molecule has 2 aliphatic carbocycles. The zero-order valence-corrected chi connectivity index (χ0v) is 12.6. The van der Waals surface area contributed by atoms with Gasteiger partial charge in [-0.15, -0.1) is 0 Å². The van der Waals surface area contributed by atoms with E-state index in [2.05, 4.69) is 20.4 Å². The number of rotatable bonds is 10. The van der Waals surface area contributed by atoms with E-state index in [-0.39, 0.29) is 0 Å². The molecule has 0 amide bonds. The lowest BCUT2D eigenvalue weighted by Crippen LogP contribution is -2.26. The average molecular weight is 248 g/mol. The summed E-state index contributed by atoms with van der Waals surface area (Å²) < 4.78 is 0. The largest absolute Gasteiger partial charge is 0.0992 e. The van der Waals surface area contributed by atoms with Gasteiger partial charge in [-0.05, 0) is 30.1 Å². The predicted octanol–water partition coefficient (Wildman–Crippen LogP) is 5.98. The number of unbranched alkanes of at least 4 members (excludes halogenated alkanes) is 8. The van der Waals surface area contributed by atoms with Crippen molar-refractivity contribution in [3.05, 3.63) is 12.2 Å². The molecule has 0 bridgehead atoms. The minimum atomic E-state index is 0.952. The van der Waals surface area contributed by atoms with Gasteiger partial charge in [-0.3, -0.25) is 0 Å². The highest BCUT2D eigenvalue weighted by Gasteiger charge is 2.61. The van der Waals surface area contributed by atoms with Gasteiger partial charge in [0.05, 0.1) is 0 Å². The summed E-state index contributed by atoms with van der Waals surface area (Å²) in [6.07, 6.45) is 14.6. The predicted molar refractivity (Wildman–Crippen MR) is 80.6 cm³/mol. The Morgan fingerprint density at radius 1 is 0.833 bits per heavy atom. The van der Waals surface area contributed by atoms with Crippen LogP contribution in [-0.2, 0) is 0 Å². The third kappa shape index (κ3) is 3.19. The Hall–Kier alpha value is -0.260. The van der Waals surface area contributed by atoms with E-state index in [1.54, 1.807) is 5.57 Å². The smallest absolute Gasteiger partial charge is 0.0103 e. The molecule has 0 aromatic heterocycles. The molecule has 2 rings (SSSR count). The molecule has 0 aromatic rings. The van der Waals surface area contributed by atoms with Crippen molar-refractivity contribution >= 4 is 0 Å². The van der Waals surface area contributed by atoms with Crippen molar-refractivity contribution in [3.8, 4) is 0 Å². The first-order valence-electron chi connectivity index (χ1n) is 8.46. The maximum atomic E-state index is 4.19. The molecule has 4 unspecified atom stereocenters. The Morgan fingerprint density at radius 2 is 1.39 bits per heavy atom. The first kappa shape index (κ1) is 14.2. The van der Waals surface area contributed by atoms with Gasteiger partial charge in [0.25, 0.3) is 0 Å². The van der Waals surface area contributed by atoms with Crippen LogP contribution >= 0.6 is 0 Å². The molecule has 2 saturated carbocycles. The van der Waals surface area contributed by atoms with Crippen LogP contribution < -0.4 is 0 Å². The summed E-state index contributed by atoms with van der Waals surface area (Å²) in [7, 11) is 0. The second-order valence-electron chi connectivity index (χ2n) is 6.77. The van der Waals surface area contributed by atoms with Gasteiger partial charge < -0.3 is 0 Å². The molecule has 0 nitrogen and oxygen atoms in total. The maximum absolute atomic E-state index is 4.19. The Kier molecular flexibility index (Phi) is 5.33. The van der Waals surface area contributed by atoms with Gasteiger partial charge >= 0.3 is 0 Å². The maximum Gasteiger partial charge on any atom is -0.0103 e. The third-order valence-electron chi connectivity index (χ3n) is 5.48. The van der Waals surface area contributed by atoms with Crippen LogP contribution in [0.3, 0.4) is 0 Å². The second kappa shape index (κ2) is 6.78. The lowest BCUT2D eigenvalue weighted by molar-refractivity contribution is 0.157. The van der Waals surface area contributed by atoms with Gasteiger partial charge in [0, 0.05) is 0 Å². The van der Waals surface area contributed by atoms with Crippen LogP contribution in [0.15, 0.2) is 12.2 Å². The minimum absolute atomic E-state index is 0.952. The van der Waals surface area contributed by atoms with Gasteiger partial charge in [-0.1, -0.05) is 83.8 Å². The number of fused-ring (bicyclic) bond motifs is 1. The zero-order valence-electron chi connectivity index (χ0n) is 12.6. The molecule has 0 N–H and O–H groups in total. The summed E-state index contributed by atoms with van der Waals surface area (Å²) in [5, 5.41) is 0. The molecule has 4 atom stereocenters. The van der Waals surface area contributed by atoms with E-state index in [0.717, 1.165) is 23.7 Å². The topological polar surface area (TPSA) is 0 Å². The van der Waals surface area contributed by atoms with Gasteiger partial charge in [-0.25, -0.2) is 0 Å². The number of hydrogen-bond donors (Lipinski definition) is 0. The zero-order chi connectivity index (χ0) is 13.0. The summed E-state index contributed by atoms with van der Waals surface area (Å²) in [6.45, 7) is 8.92. The molecule has 2 fully saturated rings. The van der Waals surface area contributed by atoms with E-state index in [1.807, 2.05) is 0 Å². The van der Waals surface area contributed by atoms with Crippen LogP contribution in [0, 0.1) is 23.7 Å². The van der Waals surface area contributed by atoms with Crippen LogP contribution in [-0.4, -0.2) is 0 Å². The highest BCUT2D eigenvalue weighted by Crippen LogP contribution is 2.68. The van der Waals surface area contributed by atoms with Crippen LogP contribution in [0.4, 0.5) is 0 Å². The Morgan fingerprint density at radius 3 is 1.89 bits per heavy atom. The van der Waals surface area contributed by atoms with Crippen LogP contribution in [0.1, 0.15) is 78.1 Å². The molecule has 0 heterocycles. The van der Waals surface area contributed by atoms with Gasteiger partial charge in [0.1, 0.15) is 0 Å². The highest BCUT2D eigenvalue weighted by molar-refractivity contribution is 5.36. The molecule has 0 spiro atoms. The van der Waals surface area contributed by atoms with E-state index in [9.17, 15) is 0 Å². The molecule has 0 aliphatic heterocycles. The summed E-state index contributed by atoms with van der Waals surface area (Å²) in [5.74, 6) is 3.91. The Balaban J connectivity index is 1.37. The van der Waals surface area contributed by atoms with Crippen molar-refractivity contribution in [2.75, 3.05) is 0 Å². The lowest BCUT2D eigenvalue weighted by atomic mass is 9.72. The first-order valence-corrected chi connectivity index (χ1v) is 8.46. The standard InChI is InChI=1S/C18H32/c1-4-5-6-7-8-9-10-11-12-13-16-14(2)17-15(3)18(16)17/h14,16-18H,3-13H2,1-2H3. The first-order chi connectivity index (χ1) is 8.77. The summed E-state index contributed by atoms with van der Waals surface area (Å²) in [6, 6.07) is 0. The second-order valence-corrected chi connectivity index (χ2v) is 6.77. The molecule has 0 radical (unpaired) electrons. The summed E-state index contributed by atoms with van der Waals surface area (Å²) in [4.78, 5) is 0. The molecule has 104 valence electrons. The van der Waals surface area contributed by atoms with Gasteiger partial charge in [0.2, 0.25) is 0 Å². The van der Waals surface area contributed by atoms with Crippen molar-refractivity contribution < 1.29 is 0 Å². The van der Waals surface area contributed by atoms with Gasteiger partial charge in [0.15, 0.2) is 0 Å². The third-order valence-corrected chi connectivity index (χ3v) is 5.48. The van der Waals surface area contributed by atoms with Crippen LogP contribution in [0.25, 0.3) is 0 Å². The Bertz CT molecular complexity index is 265. The van der Waals surface area contributed by atoms with Crippen molar-refractivity contribution in [1.82, 2.24) is 0 Å².